The van der Waals surface area contributed by atoms with Gasteiger partial charge in [-0.05, 0) is 60.7 Å². The molecule has 1 fully saturated rings. The van der Waals surface area contributed by atoms with Crippen molar-refractivity contribution in [3.63, 3.8) is 0 Å². The van der Waals surface area contributed by atoms with Crippen LogP contribution >= 0.6 is 0 Å². The van der Waals surface area contributed by atoms with Gasteiger partial charge in [0.25, 0.3) is 0 Å². The van der Waals surface area contributed by atoms with Gasteiger partial charge in [-0.25, -0.2) is 18.0 Å². The van der Waals surface area contributed by atoms with Gasteiger partial charge in [0.15, 0.2) is 0 Å². The third-order valence-corrected chi connectivity index (χ3v) is 8.54. The molecule has 9 nitrogen and oxygen atoms in total. The number of carboxylic acid groups (broad SMARTS) is 1. The van der Waals surface area contributed by atoms with Gasteiger partial charge in [-0.3, -0.25) is 4.90 Å². The molecule has 2 aliphatic rings. The number of piperazine rings is 1. The van der Waals surface area contributed by atoms with E-state index in [1.54, 1.807) is 26.0 Å². The number of anilines is 2. The van der Waals surface area contributed by atoms with Gasteiger partial charge in [0.2, 0.25) is 10.0 Å². The van der Waals surface area contributed by atoms with Crippen molar-refractivity contribution in [2.75, 3.05) is 42.5 Å². The number of nitrogens with zero attached hydrogens (tertiary/aromatic N) is 3. The quantitative estimate of drug-likeness (QED) is 0.631. The molecule has 0 radical (unpaired) electrons. The predicted octanol–water partition coefficient (Wildman–Crippen LogP) is 2.69. The maximum atomic E-state index is 13.3. The second-order valence-corrected chi connectivity index (χ2v) is 11.4. The SMILES string of the molecule is Cc1cccc(N2CCN(S(=O)(=O)c3ccc4c(c3)CCN4C(=O)NC(C(=O)O)C(C)C)CC2)c1. The number of carboxylic acids is 1. The third kappa shape index (κ3) is 5.13. The number of sulfonamides is 1. The highest BCUT2D eigenvalue weighted by Crippen LogP contribution is 2.32. The van der Waals surface area contributed by atoms with E-state index in [4.69, 9.17) is 0 Å². The first-order valence-corrected chi connectivity index (χ1v) is 13.3. The van der Waals surface area contributed by atoms with Crippen molar-refractivity contribution in [1.82, 2.24) is 9.62 Å². The number of carbonyl (C=O) groups is 2. The number of nitrogens with one attached hydrogen (secondary N) is 1. The van der Waals surface area contributed by atoms with Crippen molar-refractivity contribution in [2.45, 2.75) is 38.1 Å². The van der Waals surface area contributed by atoms with Crippen LogP contribution in [0.3, 0.4) is 0 Å². The van der Waals surface area contributed by atoms with Crippen molar-refractivity contribution < 1.29 is 23.1 Å². The predicted molar refractivity (Wildman–Crippen MR) is 134 cm³/mol. The van der Waals surface area contributed by atoms with Crippen LogP contribution in [0.15, 0.2) is 47.4 Å². The largest absolute Gasteiger partial charge is 0.480 e. The molecule has 10 heteroatoms. The molecule has 2 N–H and O–H groups in total. The Morgan fingerprint density at radius 3 is 2.34 bits per heavy atom. The van der Waals surface area contributed by atoms with Gasteiger partial charge in [-0.1, -0.05) is 26.0 Å². The molecule has 0 bridgehead atoms. The first-order chi connectivity index (χ1) is 16.6. The van der Waals surface area contributed by atoms with Crippen LogP contribution in [0.2, 0.25) is 0 Å². The normalized spacial score (nSPS) is 17.4. The molecular weight excluding hydrogens is 468 g/mol. The van der Waals surface area contributed by atoms with E-state index in [9.17, 15) is 23.1 Å². The highest BCUT2D eigenvalue weighted by Gasteiger charge is 2.33. The van der Waals surface area contributed by atoms with Crippen molar-refractivity contribution in [3.05, 3.63) is 53.6 Å². The molecule has 35 heavy (non-hydrogen) atoms. The van der Waals surface area contributed by atoms with E-state index in [2.05, 4.69) is 16.3 Å². The maximum absolute atomic E-state index is 13.3. The number of fused-ring (bicyclic) bond motifs is 1. The van der Waals surface area contributed by atoms with Gasteiger partial charge in [0, 0.05) is 44.1 Å². The molecule has 2 aliphatic heterocycles. The lowest BCUT2D eigenvalue weighted by Gasteiger charge is -2.35. The Morgan fingerprint density at radius 1 is 1.00 bits per heavy atom. The molecule has 2 amide bonds. The fourth-order valence-electron chi connectivity index (χ4n) is 4.63. The molecule has 188 valence electrons. The van der Waals surface area contributed by atoms with E-state index >= 15 is 0 Å². The zero-order valence-corrected chi connectivity index (χ0v) is 21.1. The van der Waals surface area contributed by atoms with E-state index in [1.807, 2.05) is 25.1 Å². The van der Waals surface area contributed by atoms with Crippen LogP contribution in [0, 0.1) is 12.8 Å². The molecule has 0 spiro atoms. The Labute approximate surface area is 206 Å². The molecule has 0 aromatic heterocycles. The number of urea groups is 1. The fraction of sp³-hybridized carbons (Fsp3) is 0.440. The number of aliphatic carboxylic acids is 1. The fourth-order valence-corrected chi connectivity index (χ4v) is 6.11. The summed E-state index contributed by atoms with van der Waals surface area (Å²) in [6.45, 7) is 7.89. The lowest BCUT2D eigenvalue weighted by atomic mass is 10.1. The molecule has 4 rings (SSSR count). The van der Waals surface area contributed by atoms with Crippen LogP contribution in [0.5, 0.6) is 0 Å². The summed E-state index contributed by atoms with van der Waals surface area (Å²) in [5, 5.41) is 11.9. The molecule has 0 aliphatic carbocycles. The molecule has 1 atom stereocenters. The summed E-state index contributed by atoms with van der Waals surface area (Å²) in [6, 6.07) is 11.5. The Hall–Kier alpha value is -3.11. The first kappa shape index (κ1) is 25.0. The van der Waals surface area contributed by atoms with Crippen LogP contribution in [0.4, 0.5) is 16.2 Å². The van der Waals surface area contributed by atoms with Crippen LogP contribution in [-0.2, 0) is 21.2 Å². The lowest BCUT2D eigenvalue weighted by molar-refractivity contribution is -0.140. The Morgan fingerprint density at radius 2 is 1.71 bits per heavy atom. The Balaban J connectivity index is 1.45. The molecule has 2 aromatic carbocycles. The second-order valence-electron chi connectivity index (χ2n) is 9.43. The van der Waals surface area contributed by atoms with Crippen LogP contribution < -0.4 is 15.1 Å². The van der Waals surface area contributed by atoms with E-state index in [0.29, 0.717) is 44.8 Å². The van der Waals surface area contributed by atoms with Gasteiger partial charge in [-0.2, -0.15) is 4.31 Å². The lowest BCUT2D eigenvalue weighted by Crippen LogP contribution is -2.50. The highest BCUT2D eigenvalue weighted by molar-refractivity contribution is 7.89. The number of rotatable bonds is 6. The summed E-state index contributed by atoms with van der Waals surface area (Å²) in [6.07, 6.45) is 0.507. The Bertz CT molecular complexity index is 1220. The zero-order valence-electron chi connectivity index (χ0n) is 20.3. The van der Waals surface area contributed by atoms with E-state index in [0.717, 1.165) is 11.3 Å². The summed E-state index contributed by atoms with van der Waals surface area (Å²) in [5.41, 5.74) is 3.64. The smallest absolute Gasteiger partial charge is 0.326 e. The van der Waals surface area contributed by atoms with E-state index < -0.39 is 28.1 Å². The summed E-state index contributed by atoms with van der Waals surface area (Å²) in [4.78, 5) is 28.1. The maximum Gasteiger partial charge on any atom is 0.326 e. The highest BCUT2D eigenvalue weighted by atomic mass is 32.2. The number of carbonyl (C=O) groups excluding carboxylic acids is 1. The van der Waals surface area contributed by atoms with Crippen LogP contribution in [0.1, 0.15) is 25.0 Å². The average molecular weight is 501 g/mol. The minimum Gasteiger partial charge on any atom is -0.480 e. The average Bonchev–Trinajstić information content (AvgIpc) is 3.25. The number of benzene rings is 2. The third-order valence-electron chi connectivity index (χ3n) is 6.65. The van der Waals surface area contributed by atoms with Crippen LogP contribution in [0.25, 0.3) is 0 Å². The van der Waals surface area contributed by atoms with Gasteiger partial charge >= 0.3 is 12.0 Å². The topological polar surface area (TPSA) is 110 Å². The van der Waals surface area contributed by atoms with E-state index in [1.165, 1.54) is 20.8 Å². The Kier molecular flexibility index (Phi) is 7.05. The molecule has 1 saturated heterocycles. The van der Waals surface area contributed by atoms with Gasteiger partial charge in [0.05, 0.1) is 4.90 Å². The second kappa shape index (κ2) is 9.87. The minimum absolute atomic E-state index is 0.216. The first-order valence-electron chi connectivity index (χ1n) is 11.8. The van der Waals surface area contributed by atoms with Crippen molar-refractivity contribution in [3.8, 4) is 0 Å². The summed E-state index contributed by atoms with van der Waals surface area (Å²) < 4.78 is 28.2. The summed E-state index contributed by atoms with van der Waals surface area (Å²) in [7, 11) is -3.67. The van der Waals surface area contributed by atoms with Gasteiger partial charge in [-0.15, -0.1) is 0 Å². The van der Waals surface area contributed by atoms with Crippen LogP contribution in [-0.4, -0.2) is 68.6 Å². The van der Waals surface area contributed by atoms with Crippen molar-refractivity contribution in [1.29, 1.82) is 0 Å². The minimum atomic E-state index is -3.67. The standard InChI is InChI=1S/C25H32N4O5S/c1-17(2)23(24(30)31)26-25(32)29-10-9-19-16-21(7-8-22(19)29)35(33,34)28-13-11-27(12-14-28)20-6-4-5-18(3)15-20/h4-8,15-17,23H,9-14H2,1-3H3,(H,26,32)(H,30,31). The molecular formula is C25H32N4O5S. The molecule has 0 saturated carbocycles. The number of aryl methyl sites for hydroxylation is 1. The molecule has 1 unspecified atom stereocenters. The van der Waals surface area contributed by atoms with Gasteiger partial charge < -0.3 is 15.3 Å². The summed E-state index contributed by atoms with van der Waals surface area (Å²) in [5.74, 6) is -1.35. The number of hydrogen-bond acceptors (Lipinski definition) is 5. The zero-order chi connectivity index (χ0) is 25.3. The number of amides is 2. The summed E-state index contributed by atoms with van der Waals surface area (Å²) >= 11 is 0. The van der Waals surface area contributed by atoms with Crippen molar-refractivity contribution in [2.24, 2.45) is 5.92 Å². The molecule has 2 aromatic rings. The van der Waals surface area contributed by atoms with E-state index in [-0.39, 0.29) is 10.8 Å². The number of hydrogen-bond donors (Lipinski definition) is 2. The van der Waals surface area contributed by atoms with Crippen molar-refractivity contribution >= 4 is 33.4 Å². The van der Waals surface area contributed by atoms with Gasteiger partial charge in [0.1, 0.15) is 6.04 Å². The molecule has 2 heterocycles. The monoisotopic (exact) mass is 500 g/mol.